The molecule has 25 heavy (non-hydrogen) atoms. The summed E-state index contributed by atoms with van der Waals surface area (Å²) in [6.07, 6.45) is 4.80. The van der Waals surface area contributed by atoms with E-state index >= 15 is 0 Å². The first-order valence-corrected chi connectivity index (χ1v) is 9.31. The van der Waals surface area contributed by atoms with E-state index in [1.54, 1.807) is 30.2 Å². The summed E-state index contributed by atoms with van der Waals surface area (Å²) >= 11 is 6.07. The molecule has 1 aliphatic heterocycles. The predicted molar refractivity (Wildman–Crippen MR) is 98.0 cm³/mol. The molecule has 2 amide bonds. The zero-order valence-electron chi connectivity index (χ0n) is 14.8. The summed E-state index contributed by atoms with van der Waals surface area (Å²) in [6.45, 7) is 2.55. The van der Waals surface area contributed by atoms with Crippen LogP contribution in [0.2, 0.25) is 5.02 Å². The van der Waals surface area contributed by atoms with E-state index < -0.39 is 0 Å². The molecule has 1 aromatic rings. The number of amides is 2. The van der Waals surface area contributed by atoms with Crippen LogP contribution in [0.1, 0.15) is 39.0 Å². The highest BCUT2D eigenvalue weighted by molar-refractivity contribution is 6.31. The average molecular weight is 365 g/mol. The van der Waals surface area contributed by atoms with E-state index in [0.717, 1.165) is 19.3 Å². The highest BCUT2D eigenvalue weighted by atomic mass is 35.5. The fourth-order valence-electron chi connectivity index (χ4n) is 3.82. The molecule has 5 nitrogen and oxygen atoms in total. The second-order valence-electron chi connectivity index (χ2n) is 7.10. The molecule has 2 fully saturated rings. The first kappa shape index (κ1) is 18.1. The van der Waals surface area contributed by atoms with Crippen molar-refractivity contribution in [1.82, 2.24) is 5.32 Å². The largest absolute Gasteiger partial charge is 0.495 e. The van der Waals surface area contributed by atoms with Gasteiger partial charge in [0.2, 0.25) is 11.8 Å². The fraction of sp³-hybridized carbons (Fsp3) is 0.579. The van der Waals surface area contributed by atoms with Crippen LogP contribution in [0.4, 0.5) is 5.69 Å². The number of benzene rings is 1. The van der Waals surface area contributed by atoms with E-state index in [-0.39, 0.29) is 30.2 Å². The lowest BCUT2D eigenvalue weighted by Crippen LogP contribution is -2.44. The van der Waals surface area contributed by atoms with E-state index in [2.05, 4.69) is 12.2 Å². The van der Waals surface area contributed by atoms with Crippen molar-refractivity contribution in [3.05, 3.63) is 23.2 Å². The average Bonchev–Trinajstić information content (AvgIpc) is 2.98. The van der Waals surface area contributed by atoms with Gasteiger partial charge >= 0.3 is 0 Å². The molecule has 0 bridgehead atoms. The first-order valence-electron chi connectivity index (χ1n) is 8.94. The van der Waals surface area contributed by atoms with Crippen LogP contribution in [-0.2, 0) is 9.59 Å². The van der Waals surface area contributed by atoms with Crippen molar-refractivity contribution >= 4 is 29.1 Å². The third-order valence-electron chi connectivity index (χ3n) is 5.37. The number of carbonyl (C=O) groups excluding carboxylic acids is 2. The SMILES string of the molecule is COc1ccc(Cl)cc1N1CC(C(=O)NC2CCCCC2C)CC1=O. The molecule has 6 heteroatoms. The van der Waals surface area contributed by atoms with Crippen molar-refractivity contribution in [3.63, 3.8) is 0 Å². The number of methoxy groups -OCH3 is 1. The highest BCUT2D eigenvalue weighted by Gasteiger charge is 2.37. The summed E-state index contributed by atoms with van der Waals surface area (Å²) in [6, 6.07) is 5.40. The molecule has 1 heterocycles. The van der Waals surface area contributed by atoms with Gasteiger partial charge < -0.3 is 15.0 Å². The summed E-state index contributed by atoms with van der Waals surface area (Å²) < 4.78 is 5.34. The Bertz CT molecular complexity index is 664. The third-order valence-corrected chi connectivity index (χ3v) is 5.60. The zero-order valence-corrected chi connectivity index (χ0v) is 15.5. The fourth-order valence-corrected chi connectivity index (χ4v) is 3.99. The van der Waals surface area contributed by atoms with Gasteiger partial charge in [-0.1, -0.05) is 31.4 Å². The van der Waals surface area contributed by atoms with Gasteiger partial charge in [0.15, 0.2) is 0 Å². The number of ether oxygens (including phenoxy) is 1. The van der Waals surface area contributed by atoms with Gasteiger partial charge in [-0.25, -0.2) is 0 Å². The Morgan fingerprint density at radius 1 is 1.32 bits per heavy atom. The minimum Gasteiger partial charge on any atom is -0.495 e. The quantitative estimate of drug-likeness (QED) is 0.890. The minimum absolute atomic E-state index is 0.0180. The van der Waals surface area contributed by atoms with E-state index in [1.807, 2.05) is 0 Å². The summed E-state index contributed by atoms with van der Waals surface area (Å²) in [4.78, 5) is 26.7. The number of hydrogen-bond donors (Lipinski definition) is 1. The molecule has 1 saturated heterocycles. The van der Waals surface area contributed by atoms with Crippen LogP contribution >= 0.6 is 11.6 Å². The second-order valence-corrected chi connectivity index (χ2v) is 7.53. The molecule has 1 saturated carbocycles. The van der Waals surface area contributed by atoms with Gasteiger partial charge in [-0.2, -0.15) is 0 Å². The van der Waals surface area contributed by atoms with E-state index in [1.165, 1.54) is 6.42 Å². The van der Waals surface area contributed by atoms with Gasteiger partial charge in [-0.15, -0.1) is 0 Å². The maximum Gasteiger partial charge on any atom is 0.227 e. The lowest BCUT2D eigenvalue weighted by Gasteiger charge is -2.30. The molecule has 0 spiro atoms. The van der Waals surface area contributed by atoms with Crippen LogP contribution in [0.3, 0.4) is 0 Å². The number of hydrogen-bond acceptors (Lipinski definition) is 3. The van der Waals surface area contributed by atoms with Gasteiger partial charge in [-0.3, -0.25) is 9.59 Å². The van der Waals surface area contributed by atoms with Gasteiger partial charge in [0, 0.05) is 24.0 Å². The van der Waals surface area contributed by atoms with Crippen molar-refractivity contribution in [2.24, 2.45) is 11.8 Å². The Kier molecular flexibility index (Phi) is 5.52. The number of nitrogens with zero attached hydrogens (tertiary/aromatic N) is 1. The molecule has 3 rings (SSSR count). The molecule has 0 radical (unpaired) electrons. The maximum atomic E-state index is 12.7. The lowest BCUT2D eigenvalue weighted by atomic mass is 9.85. The molecule has 2 aliphatic rings. The van der Waals surface area contributed by atoms with Crippen molar-refractivity contribution in [2.45, 2.75) is 45.1 Å². The Hall–Kier alpha value is -1.75. The highest BCUT2D eigenvalue weighted by Crippen LogP contribution is 2.35. The Morgan fingerprint density at radius 2 is 2.08 bits per heavy atom. The second kappa shape index (κ2) is 7.65. The van der Waals surface area contributed by atoms with Crippen molar-refractivity contribution < 1.29 is 14.3 Å². The molecule has 136 valence electrons. The Labute approximate surface area is 153 Å². The number of nitrogens with one attached hydrogen (secondary N) is 1. The number of halogens is 1. The Balaban J connectivity index is 1.70. The van der Waals surface area contributed by atoms with Crippen LogP contribution in [0.15, 0.2) is 18.2 Å². The normalized spacial score (nSPS) is 26.6. The molecule has 1 N–H and O–H groups in total. The van der Waals surface area contributed by atoms with Crippen LogP contribution in [0.5, 0.6) is 5.75 Å². The molecule has 3 atom stereocenters. The predicted octanol–water partition coefficient (Wildman–Crippen LogP) is 3.40. The van der Waals surface area contributed by atoms with E-state index in [4.69, 9.17) is 16.3 Å². The smallest absolute Gasteiger partial charge is 0.227 e. The summed E-state index contributed by atoms with van der Waals surface area (Å²) in [5.74, 6) is 0.664. The van der Waals surface area contributed by atoms with Gasteiger partial charge in [0.1, 0.15) is 5.75 Å². The molecule has 3 unspecified atom stereocenters. The monoisotopic (exact) mass is 364 g/mol. The van der Waals surface area contributed by atoms with Gasteiger partial charge in [0.05, 0.1) is 18.7 Å². The van der Waals surface area contributed by atoms with Crippen LogP contribution in [0, 0.1) is 11.8 Å². The first-order chi connectivity index (χ1) is 12.0. The van der Waals surface area contributed by atoms with Crippen LogP contribution in [0.25, 0.3) is 0 Å². The maximum absolute atomic E-state index is 12.7. The zero-order chi connectivity index (χ0) is 18.0. The van der Waals surface area contributed by atoms with E-state index in [9.17, 15) is 9.59 Å². The topological polar surface area (TPSA) is 58.6 Å². The summed E-state index contributed by atoms with van der Waals surface area (Å²) in [5, 5.41) is 3.70. The molecule has 1 aromatic carbocycles. The molecular formula is C19H25ClN2O3. The third kappa shape index (κ3) is 3.92. The minimum atomic E-state index is -0.328. The number of carbonyl (C=O) groups is 2. The standard InChI is InChI=1S/C19H25ClN2O3/c1-12-5-3-4-6-15(12)21-19(24)13-9-18(23)22(11-13)16-10-14(20)7-8-17(16)25-2/h7-8,10,12-13,15H,3-6,9,11H2,1-2H3,(H,21,24). The Morgan fingerprint density at radius 3 is 2.80 bits per heavy atom. The summed E-state index contributed by atoms with van der Waals surface area (Å²) in [7, 11) is 1.56. The van der Waals surface area contributed by atoms with Crippen LogP contribution in [-0.4, -0.2) is 31.5 Å². The van der Waals surface area contributed by atoms with Gasteiger partial charge in [0.25, 0.3) is 0 Å². The van der Waals surface area contributed by atoms with Crippen molar-refractivity contribution in [3.8, 4) is 5.75 Å². The van der Waals surface area contributed by atoms with Gasteiger partial charge in [-0.05, 0) is 37.0 Å². The van der Waals surface area contributed by atoms with Crippen LogP contribution < -0.4 is 15.0 Å². The number of rotatable bonds is 4. The molecule has 1 aliphatic carbocycles. The number of anilines is 1. The van der Waals surface area contributed by atoms with Crippen molar-refractivity contribution in [2.75, 3.05) is 18.6 Å². The van der Waals surface area contributed by atoms with Crippen molar-refractivity contribution in [1.29, 1.82) is 0 Å². The molecular weight excluding hydrogens is 340 g/mol. The lowest BCUT2D eigenvalue weighted by molar-refractivity contribution is -0.127. The molecule has 0 aromatic heterocycles. The summed E-state index contributed by atoms with van der Waals surface area (Å²) in [5.41, 5.74) is 0.626. The van der Waals surface area contributed by atoms with E-state index in [0.29, 0.717) is 28.9 Å².